The van der Waals surface area contributed by atoms with Crippen LogP contribution in [0.1, 0.15) is 35.5 Å². The number of para-hydroxylation sites is 1. The van der Waals surface area contributed by atoms with Crippen LogP contribution in [0.3, 0.4) is 0 Å². The van der Waals surface area contributed by atoms with Crippen molar-refractivity contribution in [3.05, 3.63) is 120 Å². The molecule has 0 unspecified atom stereocenters. The molecule has 212 valence electrons. The number of likely N-dealkylation sites (tertiary alicyclic amines) is 1. The third-order valence-corrected chi connectivity index (χ3v) is 7.09. The van der Waals surface area contributed by atoms with Gasteiger partial charge >= 0.3 is 6.18 Å². The van der Waals surface area contributed by atoms with Crippen molar-refractivity contribution in [2.45, 2.75) is 24.6 Å². The number of hydrogen-bond donors (Lipinski definition) is 0. The summed E-state index contributed by atoms with van der Waals surface area (Å²) in [4.78, 5) is 22.7. The van der Waals surface area contributed by atoms with Gasteiger partial charge in [0.1, 0.15) is 28.8 Å². The number of likely N-dealkylation sites (N-methyl/N-ethyl adjacent to an activating group) is 1. The van der Waals surface area contributed by atoms with Gasteiger partial charge < -0.3 is 9.64 Å². The van der Waals surface area contributed by atoms with Gasteiger partial charge in [-0.05, 0) is 54.1 Å². The van der Waals surface area contributed by atoms with E-state index in [1.54, 1.807) is 55.6 Å². The number of ether oxygens (including phenoxy) is 1. The standard InChI is InChI=1S/C31H23F4N5O2/c1-39-27(41)18-25(28(39)19-7-5-9-21(32)15-19)30-37-29(38-40(30)22-13-14-36-26(17-22)31(33,34)35)20-8-6-12-24(16-20)42-23-10-3-2-4-11-23/h2-17,25,28H,18H2,1H3/t25-,28+/m0/s1. The molecule has 0 saturated carbocycles. The minimum atomic E-state index is -4.68. The van der Waals surface area contributed by atoms with Crippen LogP contribution in [-0.4, -0.2) is 37.6 Å². The van der Waals surface area contributed by atoms with Crippen molar-refractivity contribution in [2.24, 2.45) is 0 Å². The van der Waals surface area contributed by atoms with E-state index in [-0.39, 0.29) is 29.7 Å². The van der Waals surface area contributed by atoms with Crippen LogP contribution in [0.15, 0.2) is 97.2 Å². The molecule has 42 heavy (non-hydrogen) atoms. The Hall–Kier alpha value is -5.06. The van der Waals surface area contributed by atoms with Gasteiger partial charge in [0.05, 0.1) is 17.6 Å². The Morgan fingerprint density at radius 3 is 2.43 bits per heavy atom. The van der Waals surface area contributed by atoms with Crippen molar-refractivity contribution in [1.82, 2.24) is 24.6 Å². The Morgan fingerprint density at radius 1 is 0.905 bits per heavy atom. The fourth-order valence-corrected chi connectivity index (χ4v) is 5.15. The highest BCUT2D eigenvalue weighted by Crippen LogP contribution is 2.44. The van der Waals surface area contributed by atoms with Crippen molar-refractivity contribution in [1.29, 1.82) is 0 Å². The summed E-state index contributed by atoms with van der Waals surface area (Å²) in [5, 5.41) is 4.61. The lowest BCUT2D eigenvalue weighted by Crippen LogP contribution is -2.24. The van der Waals surface area contributed by atoms with Gasteiger partial charge in [0.25, 0.3) is 0 Å². The van der Waals surface area contributed by atoms with Gasteiger partial charge in [0.2, 0.25) is 5.91 Å². The number of benzene rings is 3. The van der Waals surface area contributed by atoms with E-state index in [0.29, 0.717) is 22.6 Å². The zero-order valence-electron chi connectivity index (χ0n) is 22.2. The number of aromatic nitrogens is 4. The summed E-state index contributed by atoms with van der Waals surface area (Å²) >= 11 is 0. The number of alkyl halides is 3. The highest BCUT2D eigenvalue weighted by molar-refractivity contribution is 5.80. The second kappa shape index (κ2) is 10.7. The minimum absolute atomic E-state index is 0.00415. The highest BCUT2D eigenvalue weighted by Gasteiger charge is 2.43. The van der Waals surface area contributed by atoms with Crippen molar-refractivity contribution in [3.63, 3.8) is 0 Å². The summed E-state index contributed by atoms with van der Waals surface area (Å²) in [6.45, 7) is 0. The number of pyridine rings is 1. The van der Waals surface area contributed by atoms with E-state index in [9.17, 15) is 22.4 Å². The smallest absolute Gasteiger partial charge is 0.433 e. The Morgan fingerprint density at radius 2 is 1.67 bits per heavy atom. The SMILES string of the molecule is CN1C(=O)C[C@H](c2nc(-c3cccc(Oc4ccccc4)c3)nn2-c2ccnc(C(F)(F)F)c2)[C@H]1c1cccc(F)c1. The Bertz CT molecular complexity index is 1760. The first-order chi connectivity index (χ1) is 20.2. The molecular weight excluding hydrogens is 550 g/mol. The maximum absolute atomic E-state index is 14.2. The summed E-state index contributed by atoms with van der Waals surface area (Å²) < 4.78 is 62.3. The monoisotopic (exact) mass is 573 g/mol. The zero-order valence-corrected chi connectivity index (χ0v) is 22.2. The summed E-state index contributed by atoms with van der Waals surface area (Å²) in [6, 6.07) is 23.7. The largest absolute Gasteiger partial charge is 0.457 e. The molecule has 1 amide bonds. The zero-order chi connectivity index (χ0) is 29.4. The van der Waals surface area contributed by atoms with Gasteiger partial charge in [0, 0.05) is 25.2 Å². The molecule has 3 aromatic carbocycles. The number of carbonyl (C=O) groups is 1. The molecule has 0 bridgehead atoms. The first-order valence-corrected chi connectivity index (χ1v) is 13.0. The molecule has 2 aromatic heterocycles. The van der Waals surface area contributed by atoms with Crippen molar-refractivity contribution in [3.8, 4) is 28.6 Å². The minimum Gasteiger partial charge on any atom is -0.457 e. The maximum atomic E-state index is 14.2. The number of hydrogen-bond acceptors (Lipinski definition) is 5. The lowest BCUT2D eigenvalue weighted by atomic mass is 9.92. The molecule has 1 aliphatic rings. The van der Waals surface area contributed by atoms with E-state index in [2.05, 4.69) is 10.1 Å². The molecular formula is C31H23F4N5O2. The molecule has 0 radical (unpaired) electrons. The molecule has 2 atom stereocenters. The molecule has 1 fully saturated rings. The summed E-state index contributed by atoms with van der Waals surface area (Å²) in [5.74, 6) is 0.273. The quantitative estimate of drug-likeness (QED) is 0.205. The number of carbonyl (C=O) groups excluding carboxylic acids is 1. The van der Waals surface area contributed by atoms with Crippen LogP contribution in [0.25, 0.3) is 17.1 Å². The van der Waals surface area contributed by atoms with Crippen LogP contribution in [0.2, 0.25) is 0 Å². The van der Waals surface area contributed by atoms with Gasteiger partial charge in [-0.1, -0.05) is 42.5 Å². The van der Waals surface area contributed by atoms with E-state index >= 15 is 0 Å². The second-order valence-corrected chi connectivity index (χ2v) is 9.86. The topological polar surface area (TPSA) is 73.1 Å². The molecule has 1 aliphatic heterocycles. The Balaban J connectivity index is 1.48. The number of nitrogens with zero attached hydrogens (tertiary/aromatic N) is 5. The van der Waals surface area contributed by atoms with Gasteiger partial charge in [-0.2, -0.15) is 13.2 Å². The fraction of sp³-hybridized carbons (Fsp3) is 0.161. The van der Waals surface area contributed by atoms with E-state index in [0.717, 1.165) is 12.3 Å². The third-order valence-electron chi connectivity index (χ3n) is 7.09. The van der Waals surface area contributed by atoms with Crippen molar-refractivity contribution in [2.75, 3.05) is 7.05 Å². The highest BCUT2D eigenvalue weighted by atomic mass is 19.4. The third kappa shape index (κ3) is 5.32. The van der Waals surface area contributed by atoms with Crippen LogP contribution in [0, 0.1) is 5.82 Å². The van der Waals surface area contributed by atoms with Crippen LogP contribution >= 0.6 is 0 Å². The molecule has 1 saturated heterocycles. The van der Waals surface area contributed by atoms with Crippen LogP contribution in [0.5, 0.6) is 11.5 Å². The first kappa shape index (κ1) is 27.1. The predicted molar refractivity (Wildman–Crippen MR) is 145 cm³/mol. The molecule has 5 aromatic rings. The summed E-state index contributed by atoms with van der Waals surface area (Å²) in [5.41, 5.74) is 0.0623. The normalized spacial score (nSPS) is 17.1. The summed E-state index contributed by atoms with van der Waals surface area (Å²) in [6.07, 6.45) is -3.63. The van der Waals surface area contributed by atoms with E-state index in [4.69, 9.17) is 9.72 Å². The van der Waals surface area contributed by atoms with Gasteiger partial charge in [-0.25, -0.2) is 14.1 Å². The van der Waals surface area contributed by atoms with Crippen LogP contribution in [-0.2, 0) is 11.0 Å². The van der Waals surface area contributed by atoms with Gasteiger partial charge in [-0.15, -0.1) is 5.10 Å². The predicted octanol–water partition coefficient (Wildman–Crippen LogP) is 6.97. The lowest BCUT2D eigenvalue weighted by molar-refractivity contribution is -0.141. The molecule has 6 rings (SSSR count). The molecule has 11 heteroatoms. The molecule has 7 nitrogen and oxygen atoms in total. The molecule has 0 spiro atoms. The fourth-order valence-electron chi connectivity index (χ4n) is 5.15. The molecule has 0 N–H and O–H groups in total. The number of rotatable bonds is 6. The van der Waals surface area contributed by atoms with E-state index in [1.165, 1.54) is 27.8 Å². The Labute approximate surface area is 238 Å². The van der Waals surface area contributed by atoms with Gasteiger partial charge in [0.15, 0.2) is 5.82 Å². The van der Waals surface area contributed by atoms with Gasteiger partial charge in [-0.3, -0.25) is 9.78 Å². The van der Waals surface area contributed by atoms with Crippen LogP contribution < -0.4 is 4.74 Å². The van der Waals surface area contributed by atoms with Crippen LogP contribution in [0.4, 0.5) is 17.6 Å². The number of halogens is 4. The van der Waals surface area contributed by atoms with E-state index in [1.807, 2.05) is 18.2 Å². The lowest BCUT2D eigenvalue weighted by Gasteiger charge is -2.25. The average Bonchev–Trinajstić information content (AvgIpc) is 3.54. The first-order valence-electron chi connectivity index (χ1n) is 13.0. The number of amides is 1. The van der Waals surface area contributed by atoms with Crippen molar-refractivity contribution < 1.29 is 27.1 Å². The molecule has 3 heterocycles. The Kier molecular flexibility index (Phi) is 6.93. The molecule has 0 aliphatic carbocycles. The van der Waals surface area contributed by atoms with E-state index < -0.39 is 29.6 Å². The average molecular weight is 574 g/mol. The van der Waals surface area contributed by atoms with Crippen molar-refractivity contribution >= 4 is 5.91 Å². The maximum Gasteiger partial charge on any atom is 0.433 e. The second-order valence-electron chi connectivity index (χ2n) is 9.86. The summed E-state index contributed by atoms with van der Waals surface area (Å²) in [7, 11) is 1.61.